The van der Waals surface area contributed by atoms with Gasteiger partial charge in [-0.2, -0.15) is 13.2 Å². The molecule has 0 bridgehead atoms. The second-order valence-electron chi connectivity index (χ2n) is 9.02. The minimum absolute atomic E-state index is 0.147. The van der Waals surface area contributed by atoms with Crippen molar-refractivity contribution in [2.24, 2.45) is 5.92 Å². The molecule has 10 heteroatoms. The standard InChI is InChI=1S/C25H31F3N4O3/c1-17(5-7-20(34-2)15-25(26,27)28)24(33)32-16-18-4-3-9-29-23(18)30-21-8-6-19(14-22(21)32)31-10-12-35-13-11-31/h3-4,6,8-9,14,17,20H,5,7,10-13,15-16H2,1-2H3,(H,29,30)/t17-,20-/m1/s1. The van der Waals surface area contributed by atoms with Crippen molar-refractivity contribution in [3.63, 3.8) is 0 Å². The third-order valence-corrected chi connectivity index (χ3v) is 6.52. The van der Waals surface area contributed by atoms with Gasteiger partial charge in [-0.1, -0.05) is 13.0 Å². The van der Waals surface area contributed by atoms with Crippen LogP contribution in [0.1, 0.15) is 31.7 Å². The van der Waals surface area contributed by atoms with Crippen molar-refractivity contribution in [1.29, 1.82) is 0 Å². The first-order valence-electron chi connectivity index (χ1n) is 11.8. The fraction of sp³-hybridized carbons (Fsp3) is 0.520. The number of nitrogens with zero attached hydrogens (tertiary/aromatic N) is 3. The van der Waals surface area contributed by atoms with E-state index in [1.165, 1.54) is 7.11 Å². The highest BCUT2D eigenvalue weighted by molar-refractivity contribution is 6.00. The summed E-state index contributed by atoms with van der Waals surface area (Å²) >= 11 is 0. The third kappa shape index (κ3) is 6.24. The summed E-state index contributed by atoms with van der Waals surface area (Å²) in [4.78, 5) is 22.0. The topological polar surface area (TPSA) is 66.9 Å². The molecule has 1 saturated heterocycles. The molecule has 7 nitrogen and oxygen atoms in total. The van der Waals surface area contributed by atoms with Crippen LogP contribution in [0, 0.1) is 5.92 Å². The quantitative estimate of drug-likeness (QED) is 0.594. The summed E-state index contributed by atoms with van der Waals surface area (Å²) in [6.45, 7) is 4.88. The smallest absolute Gasteiger partial charge is 0.381 e. The van der Waals surface area contributed by atoms with Crippen molar-refractivity contribution in [1.82, 2.24) is 4.98 Å². The molecule has 0 saturated carbocycles. The Balaban J connectivity index is 1.59. The molecule has 0 aliphatic carbocycles. The fourth-order valence-corrected chi connectivity index (χ4v) is 4.51. The highest BCUT2D eigenvalue weighted by Gasteiger charge is 2.33. The van der Waals surface area contributed by atoms with Crippen LogP contribution in [0.5, 0.6) is 0 Å². The summed E-state index contributed by atoms with van der Waals surface area (Å²) in [7, 11) is 1.27. The third-order valence-electron chi connectivity index (χ3n) is 6.52. The van der Waals surface area contributed by atoms with Crippen LogP contribution in [0.3, 0.4) is 0 Å². The Labute approximate surface area is 203 Å². The molecule has 2 aliphatic rings. The number of benzene rings is 1. The summed E-state index contributed by atoms with van der Waals surface area (Å²) in [5.74, 6) is 0.0465. The van der Waals surface area contributed by atoms with Crippen LogP contribution in [-0.4, -0.2) is 56.6 Å². The van der Waals surface area contributed by atoms with Crippen LogP contribution >= 0.6 is 0 Å². The Bertz CT molecular complexity index is 1030. The lowest BCUT2D eigenvalue weighted by atomic mass is 9.99. The number of ether oxygens (including phenoxy) is 2. The largest absolute Gasteiger partial charge is 0.391 e. The van der Waals surface area contributed by atoms with Gasteiger partial charge in [0.05, 0.1) is 43.7 Å². The van der Waals surface area contributed by atoms with Gasteiger partial charge in [-0.25, -0.2) is 4.98 Å². The number of methoxy groups -OCH3 is 1. The van der Waals surface area contributed by atoms with Gasteiger partial charge in [-0.3, -0.25) is 4.79 Å². The molecule has 190 valence electrons. The Hall–Kier alpha value is -2.85. The Kier molecular flexibility index (Phi) is 7.81. The predicted octanol–water partition coefficient (Wildman–Crippen LogP) is 4.89. The summed E-state index contributed by atoms with van der Waals surface area (Å²) in [5.41, 5.74) is 3.33. The van der Waals surface area contributed by atoms with E-state index in [1.54, 1.807) is 18.0 Å². The Morgan fingerprint density at radius 3 is 2.71 bits per heavy atom. The first-order valence-corrected chi connectivity index (χ1v) is 11.8. The highest BCUT2D eigenvalue weighted by atomic mass is 19.4. The minimum Gasteiger partial charge on any atom is -0.381 e. The van der Waals surface area contributed by atoms with E-state index in [4.69, 9.17) is 9.47 Å². The van der Waals surface area contributed by atoms with Crippen LogP contribution in [0.15, 0.2) is 36.5 Å². The van der Waals surface area contributed by atoms with E-state index in [-0.39, 0.29) is 18.7 Å². The van der Waals surface area contributed by atoms with E-state index < -0.39 is 24.6 Å². The summed E-state index contributed by atoms with van der Waals surface area (Å²) < 4.78 is 49.0. The van der Waals surface area contributed by atoms with Gasteiger partial charge in [-0.05, 0) is 37.1 Å². The molecule has 1 N–H and O–H groups in total. The molecule has 1 aromatic heterocycles. The van der Waals surface area contributed by atoms with Crippen LogP contribution in [-0.2, 0) is 20.8 Å². The van der Waals surface area contributed by atoms with Crippen molar-refractivity contribution in [3.05, 3.63) is 42.1 Å². The SMILES string of the molecule is CO[C@H](CC[C@@H](C)C(=O)N1Cc2cccnc2Nc2ccc(N3CCOCC3)cc21)CC(F)(F)F. The number of anilines is 4. The number of hydrogen-bond acceptors (Lipinski definition) is 6. The number of carbonyl (C=O) groups is 1. The van der Waals surface area contributed by atoms with Gasteiger partial charge in [0, 0.05) is 43.6 Å². The van der Waals surface area contributed by atoms with Gasteiger partial charge in [-0.15, -0.1) is 0 Å². The van der Waals surface area contributed by atoms with Crippen molar-refractivity contribution < 1.29 is 27.4 Å². The maximum absolute atomic E-state index is 13.7. The molecular formula is C25H31F3N4O3. The second-order valence-corrected chi connectivity index (χ2v) is 9.02. The number of morpholine rings is 1. The maximum Gasteiger partial charge on any atom is 0.391 e. The van der Waals surface area contributed by atoms with Crippen molar-refractivity contribution in [3.8, 4) is 0 Å². The first-order chi connectivity index (χ1) is 16.7. The molecule has 1 aromatic carbocycles. The van der Waals surface area contributed by atoms with Gasteiger partial charge in [0.25, 0.3) is 0 Å². The van der Waals surface area contributed by atoms with Crippen LogP contribution in [0.4, 0.5) is 36.1 Å². The fourth-order valence-electron chi connectivity index (χ4n) is 4.51. The van der Waals surface area contributed by atoms with Gasteiger partial charge < -0.3 is 24.6 Å². The van der Waals surface area contributed by atoms with Crippen LogP contribution < -0.4 is 15.1 Å². The number of hydrogen-bond donors (Lipinski definition) is 1. The van der Waals surface area contributed by atoms with E-state index >= 15 is 0 Å². The van der Waals surface area contributed by atoms with Gasteiger partial charge in [0.15, 0.2) is 0 Å². The van der Waals surface area contributed by atoms with Crippen LogP contribution in [0.2, 0.25) is 0 Å². The van der Waals surface area contributed by atoms with Crippen molar-refractivity contribution in [2.45, 2.75) is 45.0 Å². The lowest BCUT2D eigenvalue weighted by molar-refractivity contribution is -0.158. The van der Waals surface area contributed by atoms with E-state index in [0.29, 0.717) is 25.6 Å². The minimum atomic E-state index is -4.31. The van der Waals surface area contributed by atoms with E-state index in [2.05, 4.69) is 15.2 Å². The number of rotatable bonds is 7. The summed E-state index contributed by atoms with van der Waals surface area (Å²) in [5, 5.41) is 3.35. The lowest BCUT2D eigenvalue weighted by Crippen LogP contribution is -2.37. The number of halogens is 3. The molecule has 2 aromatic rings. The zero-order valence-electron chi connectivity index (χ0n) is 20.0. The Morgan fingerprint density at radius 1 is 1.23 bits per heavy atom. The van der Waals surface area contributed by atoms with Crippen LogP contribution in [0.25, 0.3) is 0 Å². The molecular weight excluding hydrogens is 461 g/mol. The number of pyridine rings is 1. The highest BCUT2D eigenvalue weighted by Crippen LogP contribution is 2.39. The average molecular weight is 493 g/mol. The predicted molar refractivity (Wildman–Crippen MR) is 128 cm³/mol. The summed E-state index contributed by atoms with van der Waals surface area (Å²) in [6.07, 6.45) is -4.18. The molecule has 1 fully saturated rings. The van der Waals surface area contributed by atoms with Crippen molar-refractivity contribution >= 4 is 28.8 Å². The van der Waals surface area contributed by atoms with Crippen molar-refractivity contribution in [2.75, 3.05) is 48.5 Å². The zero-order chi connectivity index (χ0) is 25.0. The first kappa shape index (κ1) is 25.2. The van der Waals surface area contributed by atoms with E-state index in [1.807, 2.05) is 30.3 Å². The molecule has 3 heterocycles. The number of carbonyl (C=O) groups excluding carboxylic acids is 1. The average Bonchev–Trinajstić information content (AvgIpc) is 3.02. The molecule has 35 heavy (non-hydrogen) atoms. The molecule has 2 atom stereocenters. The number of alkyl halides is 3. The normalized spacial score (nSPS) is 17.6. The molecule has 4 rings (SSSR count). The zero-order valence-corrected chi connectivity index (χ0v) is 20.0. The molecule has 1 amide bonds. The second kappa shape index (κ2) is 10.8. The number of amides is 1. The van der Waals surface area contributed by atoms with Gasteiger partial charge in [0.1, 0.15) is 5.82 Å². The number of fused-ring (bicyclic) bond motifs is 2. The molecule has 2 aliphatic heterocycles. The Morgan fingerprint density at radius 2 is 2.00 bits per heavy atom. The molecule has 0 spiro atoms. The molecule has 0 unspecified atom stereocenters. The monoisotopic (exact) mass is 492 g/mol. The number of aromatic nitrogens is 1. The summed E-state index contributed by atoms with van der Waals surface area (Å²) in [6, 6.07) is 9.68. The molecule has 0 radical (unpaired) electrons. The lowest BCUT2D eigenvalue weighted by Gasteiger charge is -2.31. The van der Waals surface area contributed by atoms with Gasteiger partial charge in [0.2, 0.25) is 5.91 Å². The van der Waals surface area contributed by atoms with E-state index in [0.717, 1.165) is 35.7 Å². The maximum atomic E-state index is 13.7. The van der Waals surface area contributed by atoms with Gasteiger partial charge >= 0.3 is 6.18 Å². The van der Waals surface area contributed by atoms with E-state index in [9.17, 15) is 18.0 Å². The number of nitrogens with one attached hydrogen (secondary N) is 1.